The van der Waals surface area contributed by atoms with Gasteiger partial charge in [-0.05, 0) is 38.0 Å². The van der Waals surface area contributed by atoms with Crippen LogP contribution in [0.25, 0.3) is 22.4 Å². The Labute approximate surface area is 200 Å². The van der Waals surface area contributed by atoms with E-state index in [1.54, 1.807) is 42.9 Å². The molecule has 1 saturated carbocycles. The second-order valence-corrected chi connectivity index (χ2v) is 10.8. The number of nitrogens with zero attached hydrogens (tertiary/aromatic N) is 4. The number of carbonyl (C=O) groups excluding carboxylic acids is 1. The third kappa shape index (κ3) is 4.48. The van der Waals surface area contributed by atoms with E-state index in [9.17, 15) is 17.6 Å². The predicted octanol–water partition coefficient (Wildman–Crippen LogP) is 3.42. The normalized spacial score (nSPS) is 17.5. The van der Waals surface area contributed by atoms with E-state index in [0.717, 1.165) is 11.8 Å². The zero-order valence-corrected chi connectivity index (χ0v) is 20.4. The van der Waals surface area contributed by atoms with Gasteiger partial charge in [-0.3, -0.25) is 9.48 Å². The minimum Gasteiger partial charge on any atom is -0.352 e. The van der Waals surface area contributed by atoms with Gasteiger partial charge in [0.15, 0.2) is 15.5 Å². The van der Waals surface area contributed by atoms with Crippen molar-refractivity contribution in [3.8, 4) is 11.3 Å². The minimum absolute atomic E-state index is 0.0844. The maximum Gasteiger partial charge on any atom is 0.231 e. The van der Waals surface area contributed by atoms with E-state index in [1.807, 2.05) is 13.1 Å². The first-order valence-corrected chi connectivity index (χ1v) is 12.8. The van der Waals surface area contributed by atoms with E-state index < -0.39 is 27.8 Å². The van der Waals surface area contributed by atoms with Crippen molar-refractivity contribution in [1.82, 2.24) is 24.7 Å². The van der Waals surface area contributed by atoms with Crippen LogP contribution in [0.5, 0.6) is 0 Å². The Morgan fingerprint density at radius 2 is 1.94 bits per heavy atom. The molecular weight excluding hydrogens is 473 g/mol. The van der Waals surface area contributed by atoms with Crippen LogP contribution in [0.1, 0.15) is 17.8 Å². The summed E-state index contributed by atoms with van der Waals surface area (Å²) < 4.78 is 40.4. The molecule has 0 spiro atoms. The largest absolute Gasteiger partial charge is 0.352 e. The molecule has 1 aromatic carbocycles. The van der Waals surface area contributed by atoms with E-state index in [4.69, 9.17) is 0 Å². The van der Waals surface area contributed by atoms with Gasteiger partial charge >= 0.3 is 0 Å². The number of anilines is 3. The fourth-order valence-electron chi connectivity index (χ4n) is 4.04. The number of nitrogens with one attached hydrogen (secondary N) is 3. The van der Waals surface area contributed by atoms with Gasteiger partial charge in [0, 0.05) is 31.1 Å². The molecule has 0 saturated heterocycles. The second kappa shape index (κ2) is 8.15. The van der Waals surface area contributed by atoms with Gasteiger partial charge in [0.25, 0.3) is 0 Å². The van der Waals surface area contributed by atoms with E-state index in [2.05, 4.69) is 30.7 Å². The molecule has 1 aliphatic rings. The van der Waals surface area contributed by atoms with Crippen molar-refractivity contribution in [2.24, 2.45) is 13.0 Å². The summed E-state index contributed by atoms with van der Waals surface area (Å²) >= 11 is 0. The number of H-pyrrole nitrogens is 1. The Hall–Kier alpha value is -3.80. The number of amides is 1. The lowest BCUT2D eigenvalue weighted by Gasteiger charge is -2.14. The summed E-state index contributed by atoms with van der Waals surface area (Å²) in [6.45, 7) is 3.67. The van der Waals surface area contributed by atoms with Crippen LogP contribution in [0, 0.1) is 19.8 Å². The quantitative estimate of drug-likeness (QED) is 0.371. The standard InChI is InChI=1S/C23H24FN7O3S/c1-11-10-31(3)30-20(11)13-5-6-16(18(7-13)35(4,33)34)27-17-9-19(29-23(32)14-8-15(14)24)28-22-21(17)25-12(2)26-22/h5-7,9-10,14-15H,8H2,1-4H3,(H3,25,26,27,28,29,32)/t14-,15+/m1/s1. The Morgan fingerprint density at radius 1 is 1.20 bits per heavy atom. The molecule has 0 aliphatic heterocycles. The molecular formula is C23H24FN7O3S. The molecule has 12 heteroatoms. The number of alkyl halides is 1. The number of aryl methyl sites for hydroxylation is 3. The fraction of sp³-hybridized carbons (Fsp3) is 0.304. The summed E-state index contributed by atoms with van der Waals surface area (Å²) in [7, 11) is -1.83. The molecule has 1 aliphatic carbocycles. The van der Waals surface area contributed by atoms with Crippen molar-refractivity contribution in [1.29, 1.82) is 0 Å². The number of sulfone groups is 1. The number of aromatic nitrogens is 5. The highest BCUT2D eigenvalue weighted by atomic mass is 32.2. The maximum atomic E-state index is 13.3. The van der Waals surface area contributed by atoms with Gasteiger partial charge < -0.3 is 15.6 Å². The Balaban J connectivity index is 1.57. The first-order valence-electron chi connectivity index (χ1n) is 10.9. The molecule has 5 rings (SSSR count). The topological polar surface area (TPSA) is 135 Å². The summed E-state index contributed by atoms with van der Waals surface area (Å²) in [5, 5.41) is 10.2. The van der Waals surface area contributed by atoms with Crippen LogP contribution >= 0.6 is 0 Å². The number of halogens is 1. The number of benzene rings is 1. The van der Waals surface area contributed by atoms with Crippen LogP contribution in [-0.2, 0) is 21.7 Å². The molecule has 3 heterocycles. The zero-order valence-electron chi connectivity index (χ0n) is 19.5. The Morgan fingerprint density at radius 3 is 2.57 bits per heavy atom. The molecule has 4 aromatic rings. The molecule has 3 N–H and O–H groups in total. The molecule has 182 valence electrons. The highest BCUT2D eigenvalue weighted by Crippen LogP contribution is 2.36. The molecule has 2 atom stereocenters. The van der Waals surface area contributed by atoms with Gasteiger partial charge in [-0.2, -0.15) is 5.10 Å². The van der Waals surface area contributed by atoms with E-state index in [1.165, 1.54) is 0 Å². The highest BCUT2D eigenvalue weighted by molar-refractivity contribution is 7.90. The summed E-state index contributed by atoms with van der Waals surface area (Å²) in [6, 6.07) is 6.59. The van der Waals surface area contributed by atoms with E-state index >= 15 is 0 Å². The smallest absolute Gasteiger partial charge is 0.231 e. The summed E-state index contributed by atoms with van der Waals surface area (Å²) in [4.78, 5) is 24.2. The monoisotopic (exact) mass is 497 g/mol. The molecule has 10 nitrogen and oxygen atoms in total. The number of rotatable bonds is 6. The van der Waals surface area contributed by atoms with Crippen molar-refractivity contribution in [2.45, 2.75) is 31.3 Å². The van der Waals surface area contributed by atoms with Crippen molar-refractivity contribution < 1.29 is 17.6 Å². The number of aromatic amines is 1. The molecule has 0 unspecified atom stereocenters. The molecule has 1 fully saturated rings. The first-order chi connectivity index (χ1) is 16.5. The van der Waals surface area contributed by atoms with Gasteiger partial charge in [0.2, 0.25) is 5.91 Å². The number of hydrogen-bond donors (Lipinski definition) is 3. The number of hydrogen-bond acceptors (Lipinski definition) is 7. The van der Waals surface area contributed by atoms with Gasteiger partial charge in [-0.25, -0.2) is 22.8 Å². The van der Waals surface area contributed by atoms with Crippen LogP contribution < -0.4 is 10.6 Å². The van der Waals surface area contributed by atoms with Crippen molar-refractivity contribution in [3.63, 3.8) is 0 Å². The predicted molar refractivity (Wildman–Crippen MR) is 130 cm³/mol. The average Bonchev–Trinajstić information content (AvgIpc) is 3.23. The molecule has 0 radical (unpaired) electrons. The number of pyridine rings is 1. The van der Waals surface area contributed by atoms with Gasteiger partial charge in [0.05, 0.1) is 27.9 Å². The third-order valence-electron chi connectivity index (χ3n) is 5.81. The van der Waals surface area contributed by atoms with E-state index in [0.29, 0.717) is 39.6 Å². The number of fused-ring (bicyclic) bond motifs is 1. The second-order valence-electron chi connectivity index (χ2n) is 8.86. The molecule has 35 heavy (non-hydrogen) atoms. The lowest BCUT2D eigenvalue weighted by molar-refractivity contribution is -0.117. The third-order valence-corrected chi connectivity index (χ3v) is 6.94. The summed E-state index contributed by atoms with van der Waals surface area (Å²) in [5.74, 6) is -0.325. The maximum absolute atomic E-state index is 13.3. The van der Waals surface area contributed by atoms with Crippen LogP contribution in [0.15, 0.2) is 35.4 Å². The number of carbonyl (C=O) groups is 1. The Kier molecular flexibility index (Phi) is 5.35. The van der Waals surface area contributed by atoms with Crippen molar-refractivity contribution in [2.75, 3.05) is 16.9 Å². The summed E-state index contributed by atoms with van der Waals surface area (Å²) in [5.41, 5.74) is 3.92. The fourth-order valence-corrected chi connectivity index (χ4v) is 4.90. The first kappa shape index (κ1) is 23.0. The minimum atomic E-state index is -3.63. The van der Waals surface area contributed by atoms with E-state index in [-0.39, 0.29) is 17.1 Å². The van der Waals surface area contributed by atoms with Crippen LogP contribution in [0.3, 0.4) is 0 Å². The van der Waals surface area contributed by atoms with Gasteiger partial charge in [-0.15, -0.1) is 0 Å². The average molecular weight is 498 g/mol. The molecule has 3 aromatic heterocycles. The summed E-state index contributed by atoms with van der Waals surface area (Å²) in [6.07, 6.45) is 2.06. The van der Waals surface area contributed by atoms with Crippen LogP contribution in [0.2, 0.25) is 0 Å². The van der Waals surface area contributed by atoms with Crippen LogP contribution in [0.4, 0.5) is 21.6 Å². The van der Waals surface area contributed by atoms with Crippen molar-refractivity contribution in [3.05, 3.63) is 41.9 Å². The Bertz CT molecular complexity index is 1590. The number of imidazole rings is 1. The van der Waals surface area contributed by atoms with Crippen molar-refractivity contribution >= 4 is 44.1 Å². The molecule has 1 amide bonds. The highest BCUT2D eigenvalue weighted by Gasteiger charge is 2.43. The van der Waals surface area contributed by atoms with Crippen LogP contribution in [-0.4, -0.2) is 51.5 Å². The van der Waals surface area contributed by atoms with Gasteiger partial charge in [0.1, 0.15) is 23.3 Å². The SMILES string of the molecule is Cc1nc2c(Nc3ccc(-c4nn(C)cc4C)cc3S(C)(=O)=O)cc(NC(=O)[C@@H]3C[C@@H]3F)nc2[nH]1. The lowest BCUT2D eigenvalue weighted by atomic mass is 10.1. The zero-order chi connectivity index (χ0) is 25.1. The van der Waals surface area contributed by atoms with Gasteiger partial charge in [-0.1, -0.05) is 6.07 Å². The molecule has 0 bridgehead atoms. The lowest BCUT2D eigenvalue weighted by Crippen LogP contribution is -2.16.